The van der Waals surface area contributed by atoms with Crippen molar-refractivity contribution in [2.45, 2.75) is 13.5 Å². The predicted octanol–water partition coefficient (Wildman–Crippen LogP) is 3.55. The summed E-state index contributed by atoms with van der Waals surface area (Å²) in [6.07, 6.45) is 0. The number of benzene rings is 1. The standard InChI is InChI=1S/C14H15FN2S2/c1-2-17(9-10-5-4-8-19-10)12-7-3-6-11(15)13(12)14(16)18/h3-8H,2,9H2,1H3,(H2,16,18). The van der Waals surface area contributed by atoms with E-state index in [9.17, 15) is 4.39 Å². The summed E-state index contributed by atoms with van der Waals surface area (Å²) in [5.41, 5.74) is 6.73. The van der Waals surface area contributed by atoms with Crippen molar-refractivity contribution < 1.29 is 4.39 Å². The molecule has 5 heteroatoms. The van der Waals surface area contributed by atoms with Crippen LogP contribution in [-0.2, 0) is 6.54 Å². The maximum Gasteiger partial charge on any atom is 0.135 e. The number of rotatable bonds is 5. The van der Waals surface area contributed by atoms with Gasteiger partial charge >= 0.3 is 0 Å². The second-order valence-electron chi connectivity index (χ2n) is 4.09. The lowest BCUT2D eigenvalue weighted by atomic mass is 10.1. The van der Waals surface area contributed by atoms with Crippen molar-refractivity contribution in [2.24, 2.45) is 5.73 Å². The van der Waals surface area contributed by atoms with E-state index in [0.717, 1.165) is 18.8 Å². The molecule has 0 radical (unpaired) electrons. The van der Waals surface area contributed by atoms with Gasteiger partial charge in [-0.05, 0) is 30.5 Å². The average molecular weight is 294 g/mol. The first-order chi connectivity index (χ1) is 9.13. The SMILES string of the molecule is CCN(Cc1cccs1)c1cccc(F)c1C(N)=S. The molecule has 2 rings (SSSR count). The summed E-state index contributed by atoms with van der Waals surface area (Å²) in [5.74, 6) is -0.366. The van der Waals surface area contributed by atoms with Gasteiger partial charge in [0.2, 0.25) is 0 Å². The molecule has 0 aliphatic rings. The molecule has 2 N–H and O–H groups in total. The monoisotopic (exact) mass is 294 g/mol. The highest BCUT2D eigenvalue weighted by Gasteiger charge is 2.16. The Morgan fingerprint density at radius 3 is 2.74 bits per heavy atom. The van der Waals surface area contributed by atoms with Gasteiger partial charge in [0.25, 0.3) is 0 Å². The fourth-order valence-corrected chi connectivity index (χ4v) is 2.90. The van der Waals surface area contributed by atoms with Crippen LogP contribution in [0.25, 0.3) is 0 Å². The molecule has 0 unspecified atom stereocenters. The first-order valence-corrected chi connectivity index (χ1v) is 7.28. The minimum Gasteiger partial charge on any atom is -0.389 e. The van der Waals surface area contributed by atoms with E-state index in [1.807, 2.05) is 24.4 Å². The highest BCUT2D eigenvalue weighted by atomic mass is 32.1. The number of thiocarbonyl (C=S) groups is 1. The van der Waals surface area contributed by atoms with Gasteiger partial charge in [0, 0.05) is 11.4 Å². The number of hydrogen-bond acceptors (Lipinski definition) is 3. The van der Waals surface area contributed by atoms with Crippen molar-refractivity contribution in [1.29, 1.82) is 0 Å². The normalized spacial score (nSPS) is 10.4. The maximum absolute atomic E-state index is 13.9. The molecule has 1 heterocycles. The fourth-order valence-electron chi connectivity index (χ4n) is 1.98. The Morgan fingerprint density at radius 2 is 2.16 bits per heavy atom. The van der Waals surface area contributed by atoms with Crippen LogP contribution in [0.15, 0.2) is 35.7 Å². The van der Waals surface area contributed by atoms with Crippen LogP contribution in [0.2, 0.25) is 0 Å². The van der Waals surface area contributed by atoms with E-state index in [-0.39, 0.29) is 10.8 Å². The number of nitrogens with zero attached hydrogens (tertiary/aromatic N) is 1. The quantitative estimate of drug-likeness (QED) is 0.855. The van der Waals surface area contributed by atoms with Crippen molar-refractivity contribution >= 4 is 34.2 Å². The van der Waals surface area contributed by atoms with Crippen LogP contribution in [0, 0.1) is 5.82 Å². The third-order valence-electron chi connectivity index (χ3n) is 2.89. The van der Waals surface area contributed by atoms with Crippen LogP contribution in [0.1, 0.15) is 17.4 Å². The van der Waals surface area contributed by atoms with Gasteiger partial charge in [-0.25, -0.2) is 4.39 Å². The molecule has 0 aliphatic heterocycles. The van der Waals surface area contributed by atoms with Gasteiger partial charge in [0.15, 0.2) is 0 Å². The summed E-state index contributed by atoms with van der Waals surface area (Å²) < 4.78 is 13.9. The molecule has 1 aromatic carbocycles. The summed E-state index contributed by atoms with van der Waals surface area (Å²) in [6.45, 7) is 3.52. The Morgan fingerprint density at radius 1 is 1.37 bits per heavy atom. The van der Waals surface area contributed by atoms with Crippen molar-refractivity contribution in [2.75, 3.05) is 11.4 Å². The zero-order valence-corrected chi connectivity index (χ0v) is 12.2. The summed E-state index contributed by atoms with van der Waals surface area (Å²) in [6, 6.07) is 9.00. The first-order valence-electron chi connectivity index (χ1n) is 5.99. The van der Waals surface area contributed by atoms with E-state index >= 15 is 0 Å². The van der Waals surface area contributed by atoms with E-state index in [1.165, 1.54) is 10.9 Å². The third-order valence-corrected chi connectivity index (χ3v) is 3.95. The number of anilines is 1. The fraction of sp³-hybridized carbons (Fsp3) is 0.214. The van der Waals surface area contributed by atoms with E-state index in [0.29, 0.717) is 5.56 Å². The van der Waals surface area contributed by atoms with Crippen molar-refractivity contribution in [3.63, 3.8) is 0 Å². The minimum absolute atomic E-state index is 0.0951. The van der Waals surface area contributed by atoms with Crippen LogP contribution in [0.4, 0.5) is 10.1 Å². The molecule has 0 saturated heterocycles. The topological polar surface area (TPSA) is 29.3 Å². The molecule has 2 aromatic rings. The second kappa shape index (κ2) is 6.12. The molecule has 0 atom stereocenters. The van der Waals surface area contributed by atoms with Crippen molar-refractivity contribution in [1.82, 2.24) is 0 Å². The number of nitrogens with two attached hydrogens (primary N) is 1. The van der Waals surface area contributed by atoms with Gasteiger partial charge in [-0.15, -0.1) is 11.3 Å². The third kappa shape index (κ3) is 3.11. The van der Waals surface area contributed by atoms with E-state index in [2.05, 4.69) is 11.0 Å². The molecule has 0 aliphatic carbocycles. The summed E-state index contributed by atoms with van der Waals surface area (Å²) in [7, 11) is 0. The summed E-state index contributed by atoms with van der Waals surface area (Å²) in [4.78, 5) is 3.39. The summed E-state index contributed by atoms with van der Waals surface area (Å²) >= 11 is 6.65. The number of thiophene rings is 1. The molecule has 0 spiro atoms. The van der Waals surface area contributed by atoms with Gasteiger partial charge in [-0.2, -0.15) is 0 Å². The smallest absolute Gasteiger partial charge is 0.135 e. The van der Waals surface area contributed by atoms with E-state index < -0.39 is 0 Å². The molecular formula is C14H15FN2S2. The summed E-state index contributed by atoms with van der Waals surface area (Å²) in [5, 5.41) is 2.03. The molecule has 1 aromatic heterocycles. The lowest BCUT2D eigenvalue weighted by Crippen LogP contribution is -2.26. The highest BCUT2D eigenvalue weighted by Crippen LogP contribution is 2.25. The largest absolute Gasteiger partial charge is 0.389 e. The Hall–Kier alpha value is -1.46. The zero-order valence-electron chi connectivity index (χ0n) is 10.6. The highest BCUT2D eigenvalue weighted by molar-refractivity contribution is 7.80. The Kier molecular flexibility index (Phi) is 4.50. The zero-order chi connectivity index (χ0) is 13.8. The van der Waals surface area contributed by atoms with Crippen molar-refractivity contribution in [3.05, 3.63) is 52.0 Å². The molecule has 19 heavy (non-hydrogen) atoms. The molecular weight excluding hydrogens is 279 g/mol. The molecule has 0 fully saturated rings. The van der Waals surface area contributed by atoms with Gasteiger partial charge in [-0.1, -0.05) is 24.4 Å². The number of hydrogen-bond donors (Lipinski definition) is 1. The van der Waals surface area contributed by atoms with Gasteiger partial charge in [-0.3, -0.25) is 0 Å². The molecule has 0 amide bonds. The molecule has 0 saturated carbocycles. The van der Waals surface area contributed by atoms with Crippen LogP contribution < -0.4 is 10.6 Å². The molecule has 0 bridgehead atoms. The second-order valence-corrected chi connectivity index (χ2v) is 5.56. The maximum atomic E-state index is 13.9. The van der Waals surface area contributed by atoms with Crippen LogP contribution in [0.3, 0.4) is 0 Å². The molecule has 100 valence electrons. The predicted molar refractivity (Wildman–Crippen MR) is 83.3 cm³/mol. The van der Waals surface area contributed by atoms with Gasteiger partial charge < -0.3 is 10.6 Å². The molecule has 2 nitrogen and oxygen atoms in total. The Labute approximate surface area is 121 Å². The van der Waals surface area contributed by atoms with Crippen LogP contribution in [-0.4, -0.2) is 11.5 Å². The Bertz CT molecular complexity index is 567. The minimum atomic E-state index is -0.366. The van der Waals surface area contributed by atoms with Gasteiger partial charge in [0.1, 0.15) is 10.8 Å². The number of halogens is 1. The van der Waals surface area contributed by atoms with Crippen LogP contribution >= 0.6 is 23.6 Å². The average Bonchev–Trinajstić information content (AvgIpc) is 2.88. The van der Waals surface area contributed by atoms with Crippen LogP contribution in [0.5, 0.6) is 0 Å². The lowest BCUT2D eigenvalue weighted by Gasteiger charge is -2.25. The lowest BCUT2D eigenvalue weighted by molar-refractivity contribution is 0.624. The van der Waals surface area contributed by atoms with E-state index in [4.69, 9.17) is 18.0 Å². The van der Waals surface area contributed by atoms with Gasteiger partial charge in [0.05, 0.1) is 17.8 Å². The Balaban J connectivity index is 2.38. The van der Waals surface area contributed by atoms with E-state index in [1.54, 1.807) is 17.4 Å². The first kappa shape index (κ1) is 14.0. The van der Waals surface area contributed by atoms with Crippen molar-refractivity contribution in [3.8, 4) is 0 Å².